The number of carbonyl (C=O) groups is 2. The van der Waals surface area contributed by atoms with Crippen molar-refractivity contribution in [3.05, 3.63) is 23.8 Å². The zero-order chi connectivity index (χ0) is 15.0. The number of nitrogens with zero attached hydrogens (tertiary/aromatic N) is 2. The van der Waals surface area contributed by atoms with Crippen molar-refractivity contribution in [2.24, 2.45) is 0 Å². The largest absolute Gasteiger partial charge is 0.392 e. The first-order chi connectivity index (χ1) is 9.98. The number of rotatable bonds is 1. The van der Waals surface area contributed by atoms with Gasteiger partial charge in [0.15, 0.2) is 4.87 Å². The smallest absolute Gasteiger partial charge is 0.264 e. The molecule has 4 atom stereocenters. The van der Waals surface area contributed by atoms with Gasteiger partial charge in [-0.05, 0) is 16.4 Å². The molecule has 4 aliphatic heterocycles. The molecule has 4 saturated heterocycles. The van der Waals surface area contributed by atoms with E-state index in [0.29, 0.717) is 6.42 Å². The highest BCUT2D eigenvalue weighted by atomic mass is 33.1. The maximum absolute atomic E-state index is 12.9. The zero-order valence-electron chi connectivity index (χ0n) is 11.2. The molecule has 2 N–H and O–H groups in total. The molecule has 1 spiro atoms. The van der Waals surface area contributed by atoms with Crippen LogP contribution in [0.5, 0.6) is 0 Å². The average molecular weight is 326 g/mol. The SMILES string of the molecule is CN1C(=O)C23CC4=CC=C[C@H](O)[C@H]4N2C(=O)C1(CO)SS3. The van der Waals surface area contributed by atoms with Gasteiger partial charge in [-0.3, -0.25) is 9.59 Å². The summed E-state index contributed by atoms with van der Waals surface area (Å²) in [7, 11) is 4.14. The average Bonchev–Trinajstić information content (AvgIpc) is 2.83. The third-order valence-electron chi connectivity index (χ3n) is 4.70. The molecule has 5 rings (SSSR count). The number of fused-ring (bicyclic) bond motifs is 3. The predicted molar refractivity (Wildman–Crippen MR) is 79.0 cm³/mol. The molecule has 0 aromatic carbocycles. The van der Waals surface area contributed by atoms with Gasteiger partial charge in [-0.25, -0.2) is 0 Å². The first kappa shape index (κ1) is 13.7. The highest BCUT2D eigenvalue weighted by Crippen LogP contribution is 2.64. The summed E-state index contributed by atoms with van der Waals surface area (Å²) in [5.41, 5.74) is 0.892. The highest BCUT2D eigenvalue weighted by molar-refractivity contribution is 8.78. The van der Waals surface area contributed by atoms with Crippen LogP contribution in [-0.2, 0) is 9.59 Å². The van der Waals surface area contributed by atoms with Crippen molar-refractivity contribution in [1.82, 2.24) is 9.80 Å². The van der Waals surface area contributed by atoms with Gasteiger partial charge in [0.2, 0.25) is 4.87 Å². The molecule has 6 nitrogen and oxygen atoms in total. The third-order valence-corrected chi connectivity index (χ3v) is 8.33. The third kappa shape index (κ3) is 1.35. The summed E-state index contributed by atoms with van der Waals surface area (Å²) in [6.07, 6.45) is 4.87. The number of aliphatic hydroxyl groups is 2. The van der Waals surface area contributed by atoms with Crippen LogP contribution in [0.25, 0.3) is 0 Å². The Labute approximate surface area is 129 Å². The van der Waals surface area contributed by atoms with E-state index in [1.807, 2.05) is 6.08 Å². The lowest BCUT2D eigenvalue weighted by Gasteiger charge is -2.58. The van der Waals surface area contributed by atoms with E-state index in [4.69, 9.17) is 0 Å². The maximum Gasteiger partial charge on any atom is 0.264 e. The van der Waals surface area contributed by atoms with E-state index in [-0.39, 0.29) is 11.8 Å². The van der Waals surface area contributed by atoms with Crippen LogP contribution in [0.2, 0.25) is 0 Å². The number of likely N-dealkylation sites (N-methyl/N-ethyl adjacent to an activating group) is 1. The lowest BCUT2D eigenvalue weighted by Crippen LogP contribution is -2.77. The van der Waals surface area contributed by atoms with Crippen LogP contribution in [0.1, 0.15) is 6.42 Å². The number of aliphatic hydroxyl groups excluding tert-OH is 2. The standard InChI is InChI=1S/C13H14N2O4S2/c1-14-10(18)12-5-7-3-2-4-8(17)9(7)15(12)11(19)13(14,6-16)21-20-12/h2-4,8-9,16-17H,5-6H2,1H3/t8-,9-,12?,13?/m0/s1. The molecule has 0 aromatic heterocycles. The van der Waals surface area contributed by atoms with Crippen molar-refractivity contribution in [2.45, 2.75) is 28.3 Å². The second-order valence-electron chi connectivity index (χ2n) is 5.67. The monoisotopic (exact) mass is 326 g/mol. The van der Waals surface area contributed by atoms with Crippen molar-refractivity contribution in [1.29, 1.82) is 0 Å². The Bertz CT molecular complexity index is 621. The number of piperazine rings is 1. The number of carbonyl (C=O) groups excluding carboxylic acids is 2. The minimum atomic E-state index is -1.28. The molecule has 2 unspecified atom stereocenters. The topological polar surface area (TPSA) is 81.1 Å². The van der Waals surface area contributed by atoms with Crippen LogP contribution in [0, 0.1) is 0 Å². The van der Waals surface area contributed by atoms with Crippen molar-refractivity contribution >= 4 is 33.4 Å². The summed E-state index contributed by atoms with van der Waals surface area (Å²) in [6, 6.07) is -0.500. The molecule has 4 heterocycles. The van der Waals surface area contributed by atoms with E-state index in [1.165, 1.54) is 31.4 Å². The predicted octanol–water partition coefficient (Wildman–Crippen LogP) is -0.304. The van der Waals surface area contributed by atoms with Gasteiger partial charge in [0, 0.05) is 13.5 Å². The Morgan fingerprint density at radius 1 is 1.38 bits per heavy atom. The summed E-state index contributed by atoms with van der Waals surface area (Å²) in [6.45, 7) is -0.435. The van der Waals surface area contributed by atoms with E-state index >= 15 is 0 Å². The molecule has 112 valence electrons. The quantitative estimate of drug-likeness (QED) is 0.644. The van der Waals surface area contributed by atoms with E-state index in [1.54, 1.807) is 19.2 Å². The van der Waals surface area contributed by atoms with Crippen LogP contribution in [0.3, 0.4) is 0 Å². The lowest BCUT2D eigenvalue weighted by molar-refractivity contribution is -0.168. The summed E-state index contributed by atoms with van der Waals surface area (Å²) in [5.74, 6) is -0.471. The minimum Gasteiger partial charge on any atom is -0.392 e. The van der Waals surface area contributed by atoms with Gasteiger partial charge in [-0.15, -0.1) is 0 Å². The summed E-state index contributed by atoms with van der Waals surface area (Å²) >= 11 is 0. The van der Waals surface area contributed by atoms with Crippen molar-refractivity contribution in [2.75, 3.05) is 13.7 Å². The Hall–Kier alpha value is -0.960. The lowest BCUT2D eigenvalue weighted by atomic mass is 9.97. The molecule has 21 heavy (non-hydrogen) atoms. The molecule has 5 aliphatic rings. The molecule has 2 amide bonds. The first-order valence-electron chi connectivity index (χ1n) is 6.63. The summed E-state index contributed by atoms with van der Waals surface area (Å²) in [4.78, 5) is 26.4. The normalized spacial score (nSPS) is 44.0. The van der Waals surface area contributed by atoms with Crippen molar-refractivity contribution in [3.63, 3.8) is 0 Å². The van der Waals surface area contributed by atoms with Gasteiger partial charge >= 0.3 is 0 Å². The number of allylic oxidation sites excluding steroid dienone is 2. The van der Waals surface area contributed by atoms with Crippen LogP contribution >= 0.6 is 21.6 Å². The van der Waals surface area contributed by atoms with Crippen LogP contribution in [0.4, 0.5) is 0 Å². The first-order valence-corrected chi connectivity index (χ1v) is 8.78. The van der Waals surface area contributed by atoms with Gasteiger partial charge in [0.25, 0.3) is 11.8 Å². The van der Waals surface area contributed by atoms with Gasteiger partial charge in [0.05, 0.1) is 18.8 Å². The van der Waals surface area contributed by atoms with E-state index < -0.39 is 28.5 Å². The van der Waals surface area contributed by atoms with Crippen LogP contribution in [0.15, 0.2) is 23.8 Å². The van der Waals surface area contributed by atoms with Gasteiger partial charge in [-0.1, -0.05) is 29.0 Å². The fourth-order valence-electron chi connectivity index (χ4n) is 3.55. The molecule has 4 fully saturated rings. The molecular weight excluding hydrogens is 312 g/mol. The fraction of sp³-hybridized carbons (Fsp3) is 0.538. The van der Waals surface area contributed by atoms with Crippen molar-refractivity contribution < 1.29 is 19.8 Å². The molecule has 8 heteroatoms. The number of hydrogen-bond acceptors (Lipinski definition) is 6. The van der Waals surface area contributed by atoms with E-state index in [2.05, 4.69) is 0 Å². The number of hydrogen-bond donors (Lipinski definition) is 2. The minimum absolute atomic E-state index is 0.178. The van der Waals surface area contributed by atoms with Gasteiger partial charge in [0.1, 0.15) is 0 Å². The Morgan fingerprint density at radius 3 is 2.86 bits per heavy atom. The molecule has 0 aromatic rings. The molecule has 0 saturated carbocycles. The summed E-state index contributed by atoms with van der Waals surface area (Å²) in [5, 5.41) is 20.0. The van der Waals surface area contributed by atoms with Gasteiger partial charge in [-0.2, -0.15) is 0 Å². The number of amides is 2. The highest BCUT2D eigenvalue weighted by Gasteiger charge is 2.73. The molecule has 2 bridgehead atoms. The van der Waals surface area contributed by atoms with Gasteiger partial charge < -0.3 is 20.0 Å². The van der Waals surface area contributed by atoms with Crippen LogP contribution < -0.4 is 0 Å². The molecule has 1 aliphatic carbocycles. The van der Waals surface area contributed by atoms with E-state index in [0.717, 1.165) is 5.57 Å². The second-order valence-corrected chi connectivity index (χ2v) is 8.36. The zero-order valence-corrected chi connectivity index (χ0v) is 12.9. The van der Waals surface area contributed by atoms with Crippen LogP contribution in [-0.4, -0.2) is 67.4 Å². The van der Waals surface area contributed by atoms with E-state index in [9.17, 15) is 19.8 Å². The van der Waals surface area contributed by atoms with Crippen molar-refractivity contribution in [3.8, 4) is 0 Å². The fourth-order valence-corrected chi connectivity index (χ4v) is 7.12. The maximum atomic E-state index is 12.9. The Kier molecular flexibility index (Phi) is 2.65. The molecule has 0 radical (unpaired) electrons. The second kappa shape index (κ2) is 4.07. The Morgan fingerprint density at radius 2 is 2.14 bits per heavy atom. The summed E-state index contributed by atoms with van der Waals surface area (Å²) < 4.78 is 0. The Balaban J connectivity index is 1.90. The molecular formula is C13H14N2O4S2.